The minimum absolute atomic E-state index is 0.116. The van der Waals surface area contributed by atoms with E-state index in [1.807, 2.05) is 21.2 Å². The molecule has 0 aliphatic heterocycles. The van der Waals surface area contributed by atoms with Gasteiger partial charge in [-0.3, -0.25) is 0 Å². The van der Waals surface area contributed by atoms with Crippen LogP contribution in [0.1, 0.15) is 5.69 Å². The van der Waals surface area contributed by atoms with E-state index in [1.54, 1.807) is 0 Å². The minimum Gasteiger partial charge on any atom is -0.230 e. The van der Waals surface area contributed by atoms with Gasteiger partial charge in [0.2, 0.25) is 0 Å². The molecule has 0 bridgehead atoms. The van der Waals surface area contributed by atoms with Crippen LogP contribution in [0.15, 0.2) is 17.4 Å². The second kappa shape index (κ2) is 3.77. The highest BCUT2D eigenvalue weighted by atomic mass is 127. The summed E-state index contributed by atoms with van der Waals surface area (Å²) in [5, 5.41) is 0.116. The third-order valence-corrected chi connectivity index (χ3v) is 2.51. The van der Waals surface area contributed by atoms with E-state index in [1.165, 1.54) is 0 Å². The molecule has 0 spiro atoms. The van der Waals surface area contributed by atoms with E-state index < -0.39 is 11.9 Å². The van der Waals surface area contributed by atoms with E-state index in [0.717, 1.165) is 21.2 Å². The molecule has 0 saturated heterocycles. The Kier molecular flexibility index (Phi) is 3.16. The summed E-state index contributed by atoms with van der Waals surface area (Å²) in [6.45, 7) is 0. The van der Waals surface area contributed by atoms with Crippen molar-refractivity contribution in [2.45, 2.75) is 11.3 Å². The Morgan fingerprint density at radius 1 is 1.42 bits per heavy atom. The van der Waals surface area contributed by atoms with Crippen LogP contribution in [-0.4, -0.2) is 9.97 Å². The molecule has 0 saturated carbocycles. The summed E-state index contributed by atoms with van der Waals surface area (Å²) in [5.41, 5.74) is -0.906. The topological polar surface area (TPSA) is 25.8 Å². The van der Waals surface area contributed by atoms with Crippen molar-refractivity contribution < 1.29 is 13.2 Å². The zero-order valence-electron chi connectivity index (χ0n) is 5.47. The number of hydrogen-bond acceptors (Lipinski definition) is 3. The average Bonchev–Trinajstić information content (AvgIpc) is 2.03. The fraction of sp³-hybridized carbons (Fsp3) is 0.200. The predicted octanol–water partition coefficient (Wildman–Crippen LogP) is 2.94. The summed E-state index contributed by atoms with van der Waals surface area (Å²) in [6.07, 6.45) is -3.29. The minimum atomic E-state index is -4.38. The molecule has 0 fully saturated rings. The van der Waals surface area contributed by atoms with Gasteiger partial charge in [-0.05, 0) is 15.0 Å². The van der Waals surface area contributed by atoms with Crippen LogP contribution in [0.5, 0.6) is 0 Å². The summed E-state index contributed by atoms with van der Waals surface area (Å²) in [6, 6.07) is 0.844. The molecule has 1 rings (SSSR count). The fourth-order valence-electron chi connectivity index (χ4n) is 0.536. The smallest absolute Gasteiger partial charge is 0.230 e. The van der Waals surface area contributed by atoms with E-state index in [9.17, 15) is 13.2 Å². The highest BCUT2D eigenvalue weighted by Crippen LogP contribution is 2.29. The number of hydrogen-bond donors (Lipinski definition) is 0. The van der Waals surface area contributed by atoms with Gasteiger partial charge in [-0.1, -0.05) is 0 Å². The molecule has 7 heteroatoms. The lowest BCUT2D eigenvalue weighted by molar-refractivity contribution is -0.141. The first-order valence-electron chi connectivity index (χ1n) is 2.73. The molecule has 1 heterocycles. The Bertz CT molecular complexity index is 278. The maximum absolute atomic E-state index is 12.0. The molecule has 0 aromatic carbocycles. The second-order valence-electron chi connectivity index (χ2n) is 1.80. The molecule has 0 aliphatic carbocycles. The van der Waals surface area contributed by atoms with E-state index >= 15 is 0 Å². The molecule has 0 unspecified atom stereocenters. The molecule has 0 N–H and O–H groups in total. The lowest BCUT2D eigenvalue weighted by Crippen LogP contribution is -2.08. The third kappa shape index (κ3) is 2.47. The first-order valence-corrected chi connectivity index (χ1v) is 6.09. The number of halogens is 4. The van der Waals surface area contributed by atoms with Gasteiger partial charge in [0.05, 0.1) is 0 Å². The van der Waals surface area contributed by atoms with Gasteiger partial charge in [-0.25, -0.2) is 9.97 Å². The number of aromatic nitrogens is 2. The van der Waals surface area contributed by atoms with Gasteiger partial charge in [0.15, 0.2) is 5.16 Å². The largest absolute Gasteiger partial charge is 0.433 e. The van der Waals surface area contributed by atoms with E-state index in [4.69, 9.17) is 0 Å². The first-order chi connectivity index (χ1) is 5.54. The van der Waals surface area contributed by atoms with Gasteiger partial charge < -0.3 is 0 Å². The van der Waals surface area contributed by atoms with Gasteiger partial charge in [0.1, 0.15) is 5.69 Å². The highest BCUT2D eigenvalue weighted by molar-refractivity contribution is 14.2. The van der Waals surface area contributed by atoms with Crippen LogP contribution >= 0.6 is 30.1 Å². The van der Waals surface area contributed by atoms with E-state index in [2.05, 4.69) is 9.97 Å². The quantitative estimate of drug-likeness (QED) is 0.589. The first kappa shape index (κ1) is 10.0. The number of rotatable bonds is 1. The molecule has 1 aromatic rings. The van der Waals surface area contributed by atoms with Crippen molar-refractivity contribution >= 4 is 30.1 Å². The summed E-state index contributed by atoms with van der Waals surface area (Å²) >= 11 is 1.82. The molecular formula is C5H2F3IN2S. The number of alkyl halides is 3. The van der Waals surface area contributed by atoms with Crippen LogP contribution in [0, 0.1) is 0 Å². The second-order valence-corrected chi connectivity index (χ2v) is 3.64. The van der Waals surface area contributed by atoms with Crippen LogP contribution in [-0.2, 0) is 6.18 Å². The fourth-order valence-corrected chi connectivity index (χ4v) is 1.41. The molecule has 1 aromatic heterocycles. The zero-order valence-corrected chi connectivity index (χ0v) is 8.44. The molecule has 66 valence electrons. The van der Waals surface area contributed by atoms with Gasteiger partial charge >= 0.3 is 6.18 Å². The maximum atomic E-state index is 12.0. The van der Waals surface area contributed by atoms with Gasteiger partial charge in [0.25, 0.3) is 0 Å². The van der Waals surface area contributed by atoms with Crippen molar-refractivity contribution in [3.05, 3.63) is 18.0 Å². The molecule has 12 heavy (non-hydrogen) atoms. The molecule has 0 amide bonds. The van der Waals surface area contributed by atoms with Gasteiger partial charge in [0, 0.05) is 27.4 Å². The van der Waals surface area contributed by atoms with Crippen molar-refractivity contribution in [3.8, 4) is 0 Å². The Labute approximate surface area is 82.6 Å². The lowest BCUT2D eigenvalue weighted by atomic mass is 10.4. The third-order valence-electron chi connectivity index (χ3n) is 0.993. The predicted molar refractivity (Wildman–Crippen MR) is 46.9 cm³/mol. The van der Waals surface area contributed by atoms with Crippen LogP contribution in [0.25, 0.3) is 0 Å². The van der Waals surface area contributed by atoms with Gasteiger partial charge in [-0.15, -0.1) is 0 Å². The Morgan fingerprint density at radius 2 is 2.08 bits per heavy atom. The standard InChI is InChI=1S/C5H2F3IN2S/c6-5(7,8)3-1-2-10-4(11-3)12-9/h1-2H. The highest BCUT2D eigenvalue weighted by Gasteiger charge is 2.32. The van der Waals surface area contributed by atoms with Gasteiger partial charge in [-0.2, -0.15) is 13.2 Å². The van der Waals surface area contributed by atoms with E-state index in [0.29, 0.717) is 0 Å². The summed E-state index contributed by atoms with van der Waals surface area (Å²) in [7, 11) is 1.05. The van der Waals surface area contributed by atoms with Crippen LogP contribution in [0.3, 0.4) is 0 Å². The maximum Gasteiger partial charge on any atom is 0.433 e. The molecule has 2 nitrogen and oxygen atoms in total. The van der Waals surface area contributed by atoms with Crippen molar-refractivity contribution in [1.82, 2.24) is 9.97 Å². The summed E-state index contributed by atoms with van der Waals surface area (Å²) < 4.78 is 36.0. The average molecular weight is 306 g/mol. The normalized spacial score (nSPS) is 11.7. The molecule has 0 aliphatic rings. The molecular weight excluding hydrogens is 304 g/mol. The SMILES string of the molecule is FC(F)(F)c1ccnc(SI)n1. The lowest BCUT2D eigenvalue weighted by Gasteiger charge is -2.04. The number of nitrogens with zero attached hydrogens (tertiary/aromatic N) is 2. The molecule has 0 atom stereocenters. The van der Waals surface area contributed by atoms with Crippen molar-refractivity contribution in [1.29, 1.82) is 0 Å². The Morgan fingerprint density at radius 3 is 2.58 bits per heavy atom. The van der Waals surface area contributed by atoms with Crippen LogP contribution < -0.4 is 0 Å². The van der Waals surface area contributed by atoms with Crippen LogP contribution in [0.4, 0.5) is 13.2 Å². The summed E-state index contributed by atoms with van der Waals surface area (Å²) in [4.78, 5) is 6.90. The van der Waals surface area contributed by atoms with E-state index in [-0.39, 0.29) is 5.16 Å². The Hall–Kier alpha value is -0.0500. The monoisotopic (exact) mass is 306 g/mol. The Balaban J connectivity index is 3.02. The van der Waals surface area contributed by atoms with Crippen molar-refractivity contribution in [3.63, 3.8) is 0 Å². The van der Waals surface area contributed by atoms with Crippen molar-refractivity contribution in [2.75, 3.05) is 0 Å². The molecule has 0 radical (unpaired) electrons. The summed E-state index contributed by atoms with van der Waals surface area (Å²) in [5.74, 6) is 0. The zero-order chi connectivity index (χ0) is 9.19. The van der Waals surface area contributed by atoms with Crippen LogP contribution in [0.2, 0.25) is 0 Å². The van der Waals surface area contributed by atoms with Crippen molar-refractivity contribution in [2.24, 2.45) is 0 Å².